The summed E-state index contributed by atoms with van der Waals surface area (Å²) in [5, 5.41) is 2.65. The molecule has 1 atom stereocenters. The molecule has 0 saturated heterocycles. The fourth-order valence-corrected chi connectivity index (χ4v) is 4.42. The van der Waals surface area contributed by atoms with Crippen LogP contribution in [0.5, 0.6) is 0 Å². The number of H-pyrrole nitrogens is 1. The number of aromatic nitrogens is 4. The Hall–Kier alpha value is -4.32. The third-order valence-corrected chi connectivity index (χ3v) is 6.55. The molecule has 4 rings (SSSR count). The van der Waals surface area contributed by atoms with Crippen LogP contribution in [0.2, 0.25) is 0 Å². The summed E-state index contributed by atoms with van der Waals surface area (Å²) in [6, 6.07) is 12.2. The van der Waals surface area contributed by atoms with Crippen molar-refractivity contribution < 1.29 is 22.7 Å². The summed E-state index contributed by atoms with van der Waals surface area (Å²) in [6.07, 6.45) is 0.726. The maximum Gasteiger partial charge on any atom is 0.338 e. The number of anilines is 2. The average Bonchev–Trinajstić information content (AvgIpc) is 3.29. The number of nitrogens with zero attached hydrogens (tertiary/aromatic N) is 3. The number of carbonyl (C=O) groups excluding carboxylic acids is 2. The van der Waals surface area contributed by atoms with Gasteiger partial charge < -0.3 is 15.0 Å². The van der Waals surface area contributed by atoms with E-state index < -0.39 is 28.0 Å². The Morgan fingerprint density at radius 1 is 1.03 bits per heavy atom. The molecule has 186 valence electrons. The molecular formula is C24H24N6O5S. The molecule has 36 heavy (non-hydrogen) atoms. The van der Waals surface area contributed by atoms with Crippen LogP contribution in [0.25, 0.3) is 11.0 Å². The normalized spacial score (nSPS) is 12.2. The summed E-state index contributed by atoms with van der Waals surface area (Å²) < 4.78 is 33.1. The Labute approximate surface area is 207 Å². The summed E-state index contributed by atoms with van der Waals surface area (Å²) in [5.74, 6) is -1.20. The first kappa shape index (κ1) is 24.8. The Morgan fingerprint density at radius 2 is 1.72 bits per heavy atom. The van der Waals surface area contributed by atoms with Crippen molar-refractivity contribution in [2.45, 2.75) is 38.2 Å². The minimum atomic E-state index is -3.94. The van der Waals surface area contributed by atoms with Gasteiger partial charge in [-0.25, -0.2) is 32.9 Å². The first-order valence-electron chi connectivity index (χ1n) is 11.0. The van der Waals surface area contributed by atoms with Crippen LogP contribution in [0.3, 0.4) is 0 Å². The Bertz CT molecular complexity index is 1510. The fraction of sp³-hybridized carbons (Fsp3) is 0.208. The number of ether oxygens (including phenoxy) is 1. The smallest absolute Gasteiger partial charge is 0.338 e. The van der Waals surface area contributed by atoms with Crippen molar-refractivity contribution in [3.63, 3.8) is 0 Å². The first-order valence-corrected chi connectivity index (χ1v) is 12.5. The molecule has 2 aromatic heterocycles. The number of aryl methyl sites for hydroxylation is 2. The molecule has 1 unspecified atom stereocenters. The second-order valence-corrected chi connectivity index (χ2v) is 9.71. The van der Waals surface area contributed by atoms with Gasteiger partial charge in [-0.05, 0) is 68.8 Å². The van der Waals surface area contributed by atoms with Crippen LogP contribution in [-0.4, -0.2) is 46.3 Å². The number of fused-ring (bicyclic) bond motifs is 1. The molecule has 1 amide bonds. The summed E-state index contributed by atoms with van der Waals surface area (Å²) in [7, 11) is -3.94. The van der Waals surface area contributed by atoms with Gasteiger partial charge in [0.2, 0.25) is 5.95 Å². The quantitative estimate of drug-likeness (QED) is 0.306. The highest BCUT2D eigenvalue weighted by molar-refractivity contribution is 7.92. The summed E-state index contributed by atoms with van der Waals surface area (Å²) >= 11 is 0. The molecule has 0 aliphatic rings. The van der Waals surface area contributed by atoms with Crippen LogP contribution < -0.4 is 10.0 Å². The van der Waals surface area contributed by atoms with Gasteiger partial charge in [-0.15, -0.1) is 0 Å². The number of sulfonamides is 1. The molecule has 0 bridgehead atoms. The van der Waals surface area contributed by atoms with Gasteiger partial charge in [0, 0.05) is 17.1 Å². The van der Waals surface area contributed by atoms with Crippen molar-refractivity contribution in [1.29, 1.82) is 0 Å². The maximum absolute atomic E-state index is 12.7. The molecule has 3 N–H and O–H groups in total. The third kappa shape index (κ3) is 5.66. The number of carbonyl (C=O) groups is 2. The average molecular weight is 509 g/mol. The highest BCUT2D eigenvalue weighted by Gasteiger charge is 2.23. The Balaban J connectivity index is 1.41. The van der Waals surface area contributed by atoms with Crippen molar-refractivity contribution in [1.82, 2.24) is 19.9 Å². The summed E-state index contributed by atoms with van der Waals surface area (Å²) in [5.41, 5.74) is 3.27. The molecule has 0 aliphatic carbocycles. The zero-order valence-corrected chi connectivity index (χ0v) is 20.6. The van der Waals surface area contributed by atoms with Crippen LogP contribution in [0.4, 0.5) is 11.6 Å². The van der Waals surface area contributed by atoms with Gasteiger partial charge in [0.05, 0.1) is 27.8 Å². The zero-order valence-electron chi connectivity index (χ0n) is 19.8. The zero-order chi connectivity index (χ0) is 25.9. The van der Waals surface area contributed by atoms with Crippen molar-refractivity contribution >= 4 is 44.6 Å². The molecule has 0 saturated carbocycles. The number of imidazole rings is 1. The number of hydrogen-bond donors (Lipinski definition) is 3. The fourth-order valence-electron chi connectivity index (χ4n) is 3.47. The number of benzene rings is 2. The highest BCUT2D eigenvalue weighted by Crippen LogP contribution is 2.19. The topological polar surface area (TPSA) is 156 Å². The number of hydrogen-bond acceptors (Lipinski definition) is 8. The molecule has 2 aromatic carbocycles. The maximum atomic E-state index is 12.7. The number of rotatable bonds is 8. The molecule has 0 aliphatic heterocycles. The van der Waals surface area contributed by atoms with Crippen LogP contribution in [0, 0.1) is 13.8 Å². The second-order valence-electron chi connectivity index (χ2n) is 8.03. The lowest BCUT2D eigenvalue weighted by atomic mass is 10.2. The van der Waals surface area contributed by atoms with Gasteiger partial charge in [0.25, 0.3) is 15.9 Å². The SMILES string of the molecule is CCC(OC(=O)c1ccc2nc[nH]c2c1)C(=O)Nc1ccc(S(=O)(=O)Nc2nc(C)cc(C)n2)cc1. The van der Waals surface area contributed by atoms with E-state index in [1.165, 1.54) is 30.6 Å². The van der Waals surface area contributed by atoms with Crippen LogP contribution in [-0.2, 0) is 19.6 Å². The van der Waals surface area contributed by atoms with Gasteiger partial charge in [0.1, 0.15) is 0 Å². The van der Waals surface area contributed by atoms with E-state index in [0.717, 1.165) is 0 Å². The van der Waals surface area contributed by atoms with E-state index in [-0.39, 0.29) is 22.8 Å². The molecule has 4 aromatic rings. The molecule has 0 spiro atoms. The molecule has 0 radical (unpaired) electrons. The lowest BCUT2D eigenvalue weighted by molar-refractivity contribution is -0.124. The Kier molecular flexibility index (Phi) is 6.97. The van der Waals surface area contributed by atoms with E-state index in [1.54, 1.807) is 45.0 Å². The number of nitrogens with one attached hydrogen (secondary N) is 3. The van der Waals surface area contributed by atoms with Crippen molar-refractivity contribution in [3.8, 4) is 0 Å². The van der Waals surface area contributed by atoms with Crippen LogP contribution >= 0.6 is 0 Å². The predicted octanol–water partition coefficient (Wildman–Crippen LogP) is 3.34. The van der Waals surface area contributed by atoms with Gasteiger partial charge in [-0.1, -0.05) is 6.92 Å². The van der Waals surface area contributed by atoms with Gasteiger partial charge in [-0.3, -0.25) is 4.79 Å². The van der Waals surface area contributed by atoms with Crippen molar-refractivity contribution in [3.05, 3.63) is 71.8 Å². The molecule has 11 nitrogen and oxygen atoms in total. The van der Waals surface area contributed by atoms with Crippen LogP contribution in [0.15, 0.2) is 59.8 Å². The minimum Gasteiger partial charge on any atom is -0.449 e. The lowest BCUT2D eigenvalue weighted by Crippen LogP contribution is -2.32. The molecule has 12 heteroatoms. The monoisotopic (exact) mass is 508 g/mol. The molecule has 2 heterocycles. The van der Waals surface area contributed by atoms with E-state index in [0.29, 0.717) is 28.1 Å². The van der Waals surface area contributed by atoms with E-state index in [4.69, 9.17) is 4.74 Å². The number of aromatic amines is 1. The first-order chi connectivity index (χ1) is 17.1. The lowest BCUT2D eigenvalue weighted by Gasteiger charge is -2.16. The number of amides is 1. The third-order valence-electron chi connectivity index (χ3n) is 5.21. The van der Waals surface area contributed by atoms with E-state index in [9.17, 15) is 18.0 Å². The van der Waals surface area contributed by atoms with Crippen molar-refractivity contribution in [2.75, 3.05) is 10.0 Å². The second kappa shape index (κ2) is 10.1. The van der Waals surface area contributed by atoms with E-state index >= 15 is 0 Å². The summed E-state index contributed by atoms with van der Waals surface area (Å²) in [4.78, 5) is 40.4. The van der Waals surface area contributed by atoms with Crippen molar-refractivity contribution in [2.24, 2.45) is 0 Å². The minimum absolute atomic E-state index is 0.0239. The summed E-state index contributed by atoms with van der Waals surface area (Å²) in [6.45, 7) is 5.19. The predicted molar refractivity (Wildman–Crippen MR) is 133 cm³/mol. The number of esters is 1. The van der Waals surface area contributed by atoms with Gasteiger partial charge in [-0.2, -0.15) is 0 Å². The van der Waals surface area contributed by atoms with Gasteiger partial charge in [0.15, 0.2) is 6.10 Å². The Morgan fingerprint density at radius 3 is 2.39 bits per heavy atom. The standard InChI is InChI=1S/C24H24N6O5S/c1-4-21(35-23(32)16-5-10-19-20(12-16)26-13-25-19)22(31)29-17-6-8-18(9-7-17)36(33,34)30-24-27-14(2)11-15(3)28-24/h5-13,21H,4H2,1-3H3,(H,25,26)(H,29,31)(H,27,28,30). The van der Waals surface area contributed by atoms with E-state index in [1.807, 2.05) is 0 Å². The van der Waals surface area contributed by atoms with E-state index in [2.05, 4.69) is 30.0 Å². The van der Waals surface area contributed by atoms with Crippen LogP contribution in [0.1, 0.15) is 35.1 Å². The molecular weight excluding hydrogens is 484 g/mol. The van der Waals surface area contributed by atoms with Gasteiger partial charge >= 0.3 is 5.97 Å². The molecule has 0 fully saturated rings. The largest absolute Gasteiger partial charge is 0.449 e. The highest BCUT2D eigenvalue weighted by atomic mass is 32.2.